The molecular weight excluding hydrogens is 1530 g/mol. The van der Waals surface area contributed by atoms with Crippen LogP contribution in [0.15, 0.2) is 303 Å². The molecule has 0 atom stereocenters. The lowest BCUT2D eigenvalue weighted by Gasteiger charge is -2.12. The zero-order valence-electron chi connectivity index (χ0n) is 82.2. The first-order valence-electron chi connectivity index (χ1n) is 46.5. The molecular formula is C113H94N8O4+4. The van der Waals surface area contributed by atoms with Gasteiger partial charge in [-0.2, -0.15) is 21.0 Å². The molecule has 8 aromatic heterocycles. The molecule has 0 amide bonds. The molecule has 0 fully saturated rings. The molecule has 20 aromatic rings. The van der Waals surface area contributed by atoms with E-state index >= 15 is 0 Å². The van der Waals surface area contributed by atoms with Crippen LogP contribution >= 0.6 is 0 Å². The van der Waals surface area contributed by atoms with Gasteiger partial charge in [-0.15, -0.1) is 0 Å². The number of nitrogens with zero attached hydrogens (tertiary/aromatic N) is 8. The molecule has 0 bridgehead atoms. The summed E-state index contributed by atoms with van der Waals surface area (Å²) in [6.07, 6.45) is 8.22. The Bertz CT molecular complexity index is 8260. The Balaban J connectivity index is 0.000000125. The molecule has 12 aromatic carbocycles. The molecule has 0 N–H and O–H groups in total. The largest absolute Gasteiger partial charge is 0.454 e. The Hall–Kier alpha value is -15.6. The highest BCUT2D eigenvalue weighted by Crippen LogP contribution is 2.48. The lowest BCUT2D eigenvalue weighted by Crippen LogP contribution is -2.32. The van der Waals surface area contributed by atoms with Crippen LogP contribution in [-0.4, -0.2) is 0 Å². The summed E-state index contributed by atoms with van der Waals surface area (Å²) in [7, 11) is 8.02. The monoisotopic (exact) mass is 1640 g/mol. The minimum Gasteiger partial charge on any atom is -0.454 e. The SMILES string of the molecule is Cc1c[n+](C)c(-c2c(C)cc(C#N)c3c2oc2c(-c4ccccc4)cccc23)cc1C(C)C.Cc1cc(C#N)c2c(oc3c(-c4ccccc4)cccc32)c1-c1cc(C(C)C)cc[n+]1C.[2H]c1c([2H])c([2H])c(-c2cccc3c2oc2c(-c4cc(C)cc[n+]4C)c(C)cc(C#N)c23)c([2H])c1[2H].[2H]c1c([2H])c([2H])c(-c2cccc3c2oc2c(-c4cc(C)cc[n+]4C)c(C)cc(C#N)c23)c([2H])c1[2H]. The van der Waals surface area contributed by atoms with Crippen molar-refractivity contribution < 1.29 is 49.6 Å². The summed E-state index contributed by atoms with van der Waals surface area (Å²) in [6, 6.07) is 71.5. The van der Waals surface area contributed by atoms with Crippen LogP contribution in [0.1, 0.15) is 126 Å². The fourth-order valence-electron chi connectivity index (χ4n) is 17.6. The van der Waals surface area contributed by atoms with Gasteiger partial charge in [0.05, 0.1) is 82.5 Å². The van der Waals surface area contributed by atoms with Crippen LogP contribution < -0.4 is 18.3 Å². The Morgan fingerprint density at radius 3 is 0.912 bits per heavy atom. The number of benzene rings is 12. The number of pyridine rings is 4. The van der Waals surface area contributed by atoms with Crippen molar-refractivity contribution in [2.75, 3.05) is 0 Å². The highest BCUT2D eigenvalue weighted by molar-refractivity contribution is 6.19. The highest BCUT2D eigenvalue weighted by Gasteiger charge is 2.31. The van der Waals surface area contributed by atoms with Crippen LogP contribution in [0.4, 0.5) is 0 Å². The van der Waals surface area contributed by atoms with E-state index in [1.54, 1.807) is 24.3 Å². The quantitative estimate of drug-likeness (QED) is 0.122. The molecule has 606 valence electrons. The van der Waals surface area contributed by atoms with Crippen LogP contribution in [0.5, 0.6) is 0 Å². The zero-order valence-corrected chi connectivity index (χ0v) is 72.2. The summed E-state index contributed by atoms with van der Waals surface area (Å²) in [5, 5.41) is 46.2. The highest BCUT2D eigenvalue weighted by atomic mass is 16.3. The first kappa shape index (κ1) is 70.1. The van der Waals surface area contributed by atoms with E-state index in [1.165, 1.54) is 16.7 Å². The van der Waals surface area contributed by atoms with Gasteiger partial charge < -0.3 is 17.7 Å². The number of hydrogen-bond acceptors (Lipinski definition) is 8. The first-order chi connectivity index (χ1) is 64.7. The van der Waals surface area contributed by atoms with Gasteiger partial charge in [0.1, 0.15) is 50.5 Å². The Kier molecular flexibility index (Phi) is 18.9. The van der Waals surface area contributed by atoms with Gasteiger partial charge in [0.25, 0.3) is 0 Å². The van der Waals surface area contributed by atoms with Crippen molar-refractivity contribution in [1.29, 1.82) is 21.0 Å². The number of furan rings is 4. The van der Waals surface area contributed by atoms with E-state index in [0.717, 1.165) is 145 Å². The van der Waals surface area contributed by atoms with Crippen molar-refractivity contribution in [2.24, 2.45) is 28.2 Å². The number of aryl methyl sites for hydroxylation is 11. The van der Waals surface area contributed by atoms with Crippen molar-refractivity contribution in [1.82, 2.24) is 0 Å². The van der Waals surface area contributed by atoms with E-state index in [0.29, 0.717) is 89.1 Å². The second kappa shape index (κ2) is 33.8. The van der Waals surface area contributed by atoms with Gasteiger partial charge in [0.15, 0.2) is 47.1 Å². The van der Waals surface area contributed by atoms with Gasteiger partial charge in [0, 0.05) is 113 Å². The van der Waals surface area contributed by atoms with Crippen LogP contribution in [0.25, 0.3) is 177 Å². The minimum atomic E-state index is -0.447. The summed E-state index contributed by atoms with van der Waals surface area (Å²) in [5.41, 5.74) is 30.0. The summed E-state index contributed by atoms with van der Waals surface area (Å²) < 4.78 is 117. The summed E-state index contributed by atoms with van der Waals surface area (Å²) in [5.74, 6) is 0.837. The molecule has 20 rings (SSSR count). The fourth-order valence-corrected chi connectivity index (χ4v) is 17.6. The number of aromatic nitrogens is 4. The molecule has 8 heterocycles. The van der Waals surface area contributed by atoms with E-state index in [2.05, 4.69) is 187 Å². The molecule has 0 saturated heterocycles. The van der Waals surface area contributed by atoms with Crippen molar-refractivity contribution in [3.8, 4) is 114 Å². The van der Waals surface area contributed by atoms with E-state index in [-0.39, 0.29) is 35.3 Å². The molecule has 0 spiro atoms. The predicted molar refractivity (Wildman–Crippen MR) is 503 cm³/mol. The summed E-state index contributed by atoms with van der Waals surface area (Å²) in [6.45, 7) is 23.0. The van der Waals surface area contributed by atoms with Gasteiger partial charge in [-0.3, -0.25) is 0 Å². The summed E-state index contributed by atoms with van der Waals surface area (Å²) >= 11 is 0. The number of hydrogen-bond donors (Lipinski definition) is 0. The summed E-state index contributed by atoms with van der Waals surface area (Å²) in [4.78, 5) is 0. The normalized spacial score (nSPS) is 12.4. The van der Waals surface area contributed by atoms with E-state index in [9.17, 15) is 21.0 Å². The van der Waals surface area contributed by atoms with Gasteiger partial charge in [-0.1, -0.05) is 222 Å². The second-order valence-corrected chi connectivity index (χ2v) is 32.7. The topological polar surface area (TPSA) is 163 Å². The Morgan fingerprint density at radius 1 is 0.296 bits per heavy atom. The number of nitriles is 4. The minimum absolute atomic E-state index is 0.0681. The molecule has 125 heavy (non-hydrogen) atoms. The molecule has 0 aliphatic heterocycles. The zero-order chi connectivity index (χ0) is 96.0. The third kappa shape index (κ3) is 14.9. The van der Waals surface area contributed by atoms with Crippen molar-refractivity contribution in [3.05, 3.63) is 358 Å². The molecule has 12 nitrogen and oxygen atoms in total. The fraction of sp³-hybridized carbons (Fsp3) is 0.150. The number of rotatable bonds is 10. The van der Waals surface area contributed by atoms with Crippen LogP contribution in [-0.2, 0) is 28.2 Å². The van der Waals surface area contributed by atoms with Crippen molar-refractivity contribution in [2.45, 2.75) is 88.0 Å². The smallest absolute Gasteiger partial charge is 0.216 e. The van der Waals surface area contributed by atoms with E-state index in [1.807, 2.05) is 160 Å². The molecule has 0 unspecified atom stereocenters. The molecule has 0 radical (unpaired) electrons. The number of fused-ring (bicyclic) bond motifs is 12. The Labute approximate surface area is 742 Å². The first-order valence-corrected chi connectivity index (χ1v) is 41.5. The molecule has 0 aliphatic carbocycles. The third-order valence-corrected chi connectivity index (χ3v) is 23.7. The van der Waals surface area contributed by atoms with E-state index in [4.69, 9.17) is 31.4 Å². The average Bonchev–Trinajstić information content (AvgIpc) is 1.59. The van der Waals surface area contributed by atoms with Crippen LogP contribution in [0.2, 0.25) is 0 Å². The van der Waals surface area contributed by atoms with Crippen molar-refractivity contribution >= 4 is 87.8 Å². The lowest BCUT2D eigenvalue weighted by molar-refractivity contribution is -0.660. The molecule has 0 aliphatic rings. The van der Waals surface area contributed by atoms with Gasteiger partial charge in [-0.05, 0) is 151 Å². The van der Waals surface area contributed by atoms with Crippen LogP contribution in [0.3, 0.4) is 0 Å². The maximum absolute atomic E-state index is 10.00. The number of para-hydroxylation sites is 4. The van der Waals surface area contributed by atoms with Crippen LogP contribution in [0, 0.1) is 93.8 Å². The predicted octanol–water partition coefficient (Wildman–Crippen LogP) is 26.9. The standard InChI is InChI=1S/C30H27N2O.C29H25N2O.2C27H21N2O/c1-18(2)25-15-26(32(5)17-20(25)4)27-19(3)14-22(16-31)28-24-13-9-12-23(29(24)33-30(27)28)21-10-7-6-8-11-21;1-18(2)21-13-14-31(4)25(16-21)26-19(3)15-22(17-30)27-24-12-8-11-23(28(24)32-29(26)27)20-9-6-5-7-10-20;2*1-17-12-13-29(3)23(14-17)24-18(2)15-20(16-28)25-22-11-7-10-21(26(22)30-27(24)25)19-8-5-4-6-9-19/h6-15,17-18H,1-5H3;5-16,18H,1-4H3;2*4-15H,1-3H3/q4*+1/i;;2*4D,5D,6D,8D,9D. The molecule has 0 saturated carbocycles. The average molecular weight is 1640 g/mol. The third-order valence-electron chi connectivity index (χ3n) is 23.7. The molecule has 12 heteroatoms. The maximum Gasteiger partial charge on any atom is 0.216 e. The van der Waals surface area contributed by atoms with E-state index < -0.39 is 36.3 Å². The second-order valence-electron chi connectivity index (χ2n) is 32.7. The lowest BCUT2D eigenvalue weighted by atomic mass is 9.93. The van der Waals surface area contributed by atoms with Crippen molar-refractivity contribution in [3.63, 3.8) is 0 Å². The Morgan fingerprint density at radius 2 is 0.600 bits per heavy atom. The maximum atomic E-state index is 10.00. The van der Waals surface area contributed by atoms with Gasteiger partial charge >= 0.3 is 0 Å². The van der Waals surface area contributed by atoms with Gasteiger partial charge in [0.2, 0.25) is 22.8 Å². The van der Waals surface area contributed by atoms with Gasteiger partial charge in [-0.25, -0.2) is 18.3 Å².